The van der Waals surface area contributed by atoms with E-state index in [1.54, 1.807) is 0 Å². The molecule has 25 heavy (non-hydrogen) atoms. The van der Waals surface area contributed by atoms with Crippen LogP contribution in [-0.2, 0) is 4.79 Å². The average Bonchev–Trinajstić information content (AvgIpc) is 2.59. The number of carbonyl (C=O) groups excluding carboxylic acids is 1. The fourth-order valence-electron chi connectivity index (χ4n) is 2.99. The number of nitro benzene ring substituents is 1. The number of rotatable bonds is 6. The van der Waals surface area contributed by atoms with Crippen LogP contribution in [0.2, 0.25) is 0 Å². The molecule has 0 bridgehead atoms. The summed E-state index contributed by atoms with van der Waals surface area (Å²) in [6.07, 6.45) is 1.78. The SMILES string of the molecule is COc1cc(N2CCCC(CNC(=O)C(C)C)C2)c([N+](=O)[O-])cc1F. The monoisotopic (exact) mass is 353 g/mol. The molecule has 1 aliphatic heterocycles. The Morgan fingerprint density at radius 2 is 2.24 bits per heavy atom. The van der Waals surface area contributed by atoms with Crippen molar-refractivity contribution in [2.24, 2.45) is 11.8 Å². The molecular weight excluding hydrogens is 329 g/mol. The van der Waals surface area contributed by atoms with Crippen LogP contribution in [0.4, 0.5) is 15.8 Å². The summed E-state index contributed by atoms with van der Waals surface area (Å²) in [7, 11) is 1.33. The Bertz CT molecular complexity index is 651. The van der Waals surface area contributed by atoms with Gasteiger partial charge in [0.05, 0.1) is 18.1 Å². The Labute approximate surface area is 146 Å². The molecule has 1 N–H and O–H groups in total. The quantitative estimate of drug-likeness (QED) is 0.628. The van der Waals surface area contributed by atoms with Crippen molar-refractivity contribution in [3.05, 3.63) is 28.1 Å². The van der Waals surface area contributed by atoms with E-state index < -0.39 is 10.7 Å². The lowest BCUT2D eigenvalue weighted by Crippen LogP contribution is -2.42. The summed E-state index contributed by atoms with van der Waals surface area (Å²) in [5.74, 6) is -0.674. The van der Waals surface area contributed by atoms with Gasteiger partial charge in [-0.15, -0.1) is 0 Å². The van der Waals surface area contributed by atoms with Gasteiger partial charge in [-0.1, -0.05) is 13.8 Å². The van der Waals surface area contributed by atoms with Crippen molar-refractivity contribution in [2.45, 2.75) is 26.7 Å². The fourth-order valence-corrected chi connectivity index (χ4v) is 2.99. The van der Waals surface area contributed by atoms with E-state index in [-0.39, 0.29) is 29.2 Å². The van der Waals surface area contributed by atoms with Crippen molar-refractivity contribution < 1.29 is 18.8 Å². The molecule has 8 heteroatoms. The number of benzene rings is 1. The standard InChI is InChI=1S/C17H24FN3O4/c1-11(2)17(22)19-9-12-5-4-6-20(10-12)14-8-16(25-3)13(18)7-15(14)21(23)24/h7-8,11-12H,4-6,9-10H2,1-3H3,(H,19,22). The minimum absolute atomic E-state index is 0.00782. The van der Waals surface area contributed by atoms with Gasteiger partial charge >= 0.3 is 0 Å². The van der Waals surface area contributed by atoms with Crippen molar-refractivity contribution in [2.75, 3.05) is 31.6 Å². The molecule has 1 aromatic carbocycles. The molecule has 138 valence electrons. The first kappa shape index (κ1) is 19.0. The van der Waals surface area contributed by atoms with E-state index in [0.29, 0.717) is 25.3 Å². The van der Waals surface area contributed by atoms with Crippen LogP contribution in [0.15, 0.2) is 12.1 Å². The molecule has 0 aromatic heterocycles. The molecule has 0 radical (unpaired) electrons. The van der Waals surface area contributed by atoms with Crippen LogP contribution in [-0.4, -0.2) is 37.6 Å². The van der Waals surface area contributed by atoms with Crippen molar-refractivity contribution in [3.63, 3.8) is 0 Å². The highest BCUT2D eigenvalue weighted by Crippen LogP contribution is 2.36. The molecule has 1 saturated heterocycles. The van der Waals surface area contributed by atoms with E-state index in [0.717, 1.165) is 18.9 Å². The van der Waals surface area contributed by atoms with E-state index in [9.17, 15) is 19.3 Å². The lowest BCUT2D eigenvalue weighted by molar-refractivity contribution is -0.384. The Morgan fingerprint density at radius 3 is 2.84 bits per heavy atom. The number of carbonyl (C=O) groups is 1. The van der Waals surface area contributed by atoms with Crippen LogP contribution in [0.3, 0.4) is 0 Å². The smallest absolute Gasteiger partial charge is 0.295 e. The van der Waals surface area contributed by atoms with Gasteiger partial charge in [-0.3, -0.25) is 14.9 Å². The lowest BCUT2D eigenvalue weighted by atomic mass is 9.97. The number of hydrogen-bond acceptors (Lipinski definition) is 5. The molecule has 1 amide bonds. The number of anilines is 1. The molecule has 0 saturated carbocycles. The molecule has 1 fully saturated rings. The van der Waals surface area contributed by atoms with E-state index in [2.05, 4.69) is 5.32 Å². The Kier molecular flexibility index (Phi) is 6.17. The van der Waals surface area contributed by atoms with E-state index in [1.807, 2.05) is 18.7 Å². The first-order chi connectivity index (χ1) is 11.8. The second-order valence-electron chi connectivity index (χ2n) is 6.59. The summed E-state index contributed by atoms with van der Waals surface area (Å²) in [5.41, 5.74) is 0.0771. The first-order valence-corrected chi connectivity index (χ1v) is 8.38. The summed E-state index contributed by atoms with van der Waals surface area (Å²) >= 11 is 0. The number of ether oxygens (including phenoxy) is 1. The number of piperidine rings is 1. The predicted molar refractivity (Wildman–Crippen MR) is 92.4 cm³/mol. The van der Waals surface area contributed by atoms with Crippen molar-refractivity contribution in [1.29, 1.82) is 0 Å². The first-order valence-electron chi connectivity index (χ1n) is 8.38. The highest BCUT2D eigenvalue weighted by atomic mass is 19.1. The van der Waals surface area contributed by atoms with Gasteiger partial charge < -0.3 is 15.0 Å². The zero-order chi connectivity index (χ0) is 18.6. The second kappa shape index (κ2) is 8.13. The molecule has 2 rings (SSSR count). The highest BCUT2D eigenvalue weighted by molar-refractivity contribution is 5.77. The molecule has 1 heterocycles. The van der Waals surface area contributed by atoms with Crippen LogP contribution < -0.4 is 15.0 Å². The van der Waals surface area contributed by atoms with Gasteiger partial charge in [0.15, 0.2) is 11.6 Å². The third-order valence-corrected chi connectivity index (χ3v) is 4.39. The number of nitrogens with zero attached hydrogens (tertiary/aromatic N) is 2. The van der Waals surface area contributed by atoms with E-state index in [4.69, 9.17) is 4.74 Å². The summed E-state index contributed by atoms with van der Waals surface area (Å²) in [4.78, 5) is 24.3. The van der Waals surface area contributed by atoms with Crippen molar-refractivity contribution >= 4 is 17.3 Å². The minimum Gasteiger partial charge on any atom is -0.494 e. The van der Waals surface area contributed by atoms with Gasteiger partial charge in [0.1, 0.15) is 5.69 Å². The van der Waals surface area contributed by atoms with Crippen LogP contribution in [0.25, 0.3) is 0 Å². The number of amides is 1. The zero-order valence-electron chi connectivity index (χ0n) is 14.8. The maximum atomic E-state index is 13.8. The Morgan fingerprint density at radius 1 is 1.52 bits per heavy atom. The third-order valence-electron chi connectivity index (χ3n) is 4.39. The van der Waals surface area contributed by atoms with Crippen LogP contribution in [0, 0.1) is 27.8 Å². The maximum absolute atomic E-state index is 13.8. The minimum atomic E-state index is -0.754. The largest absolute Gasteiger partial charge is 0.494 e. The van der Waals surface area contributed by atoms with Gasteiger partial charge in [0.25, 0.3) is 5.69 Å². The van der Waals surface area contributed by atoms with Crippen molar-refractivity contribution in [1.82, 2.24) is 5.32 Å². The van der Waals surface area contributed by atoms with Gasteiger partial charge in [-0.05, 0) is 18.8 Å². The molecule has 0 aliphatic carbocycles. The number of halogens is 1. The molecule has 1 unspecified atom stereocenters. The van der Waals surface area contributed by atoms with Crippen LogP contribution in [0.1, 0.15) is 26.7 Å². The predicted octanol–water partition coefficient (Wildman–Crippen LogP) is 2.73. The number of nitro groups is 1. The van der Waals surface area contributed by atoms with Crippen molar-refractivity contribution in [3.8, 4) is 5.75 Å². The molecule has 1 aliphatic rings. The molecule has 7 nitrogen and oxygen atoms in total. The number of methoxy groups -OCH3 is 1. The topological polar surface area (TPSA) is 84.7 Å². The zero-order valence-corrected chi connectivity index (χ0v) is 14.8. The molecule has 1 atom stereocenters. The average molecular weight is 353 g/mol. The fraction of sp³-hybridized carbons (Fsp3) is 0.588. The Hall–Kier alpha value is -2.38. The second-order valence-corrected chi connectivity index (χ2v) is 6.59. The lowest BCUT2D eigenvalue weighted by Gasteiger charge is -2.34. The van der Waals surface area contributed by atoms with E-state index >= 15 is 0 Å². The summed E-state index contributed by atoms with van der Waals surface area (Å²) < 4.78 is 18.8. The van der Waals surface area contributed by atoms with Gasteiger partial charge in [0, 0.05) is 31.6 Å². The molecule has 1 aromatic rings. The summed E-state index contributed by atoms with van der Waals surface area (Å²) in [6, 6.07) is 2.28. The van der Waals surface area contributed by atoms with Gasteiger partial charge in [0.2, 0.25) is 5.91 Å². The molecular formula is C17H24FN3O4. The van der Waals surface area contributed by atoms with Crippen LogP contribution in [0.5, 0.6) is 5.75 Å². The number of hydrogen-bond donors (Lipinski definition) is 1. The van der Waals surface area contributed by atoms with E-state index in [1.165, 1.54) is 13.2 Å². The normalized spacial score (nSPS) is 17.5. The highest BCUT2D eigenvalue weighted by Gasteiger charge is 2.28. The maximum Gasteiger partial charge on any atom is 0.295 e. The van der Waals surface area contributed by atoms with Crippen LogP contribution >= 0.6 is 0 Å². The van der Waals surface area contributed by atoms with Gasteiger partial charge in [-0.2, -0.15) is 0 Å². The van der Waals surface area contributed by atoms with Gasteiger partial charge in [-0.25, -0.2) is 4.39 Å². The Balaban J connectivity index is 2.17. The summed E-state index contributed by atoms with van der Waals surface area (Å²) in [5, 5.41) is 14.2. The third kappa shape index (κ3) is 4.58. The summed E-state index contributed by atoms with van der Waals surface area (Å²) in [6.45, 7) is 5.39. The molecule has 0 spiro atoms. The number of nitrogens with one attached hydrogen (secondary N) is 1.